The first-order valence-corrected chi connectivity index (χ1v) is 9.65. The summed E-state index contributed by atoms with van der Waals surface area (Å²) >= 11 is 0. The normalized spacial score (nSPS) is 10.9. The monoisotopic (exact) mass is 379 g/mol. The molecule has 0 saturated heterocycles. The van der Waals surface area contributed by atoms with Crippen molar-refractivity contribution in [2.24, 2.45) is 0 Å². The molecular weight excluding hydrogens is 354 g/mol. The number of rotatable bonds is 8. The molecule has 1 aromatic heterocycles. The van der Waals surface area contributed by atoms with Gasteiger partial charge in [0.25, 0.3) is 0 Å². The van der Waals surface area contributed by atoms with Crippen LogP contribution in [0.5, 0.6) is 5.75 Å². The summed E-state index contributed by atoms with van der Waals surface area (Å²) in [6.07, 6.45) is 1.61. The molecule has 146 valence electrons. The van der Waals surface area contributed by atoms with Crippen molar-refractivity contribution in [2.75, 3.05) is 18.0 Å². The number of carbonyl (C=O) groups excluding carboxylic acids is 1. The van der Waals surface area contributed by atoms with Crippen LogP contribution in [0.3, 0.4) is 0 Å². The molecule has 0 aliphatic rings. The SMILES string of the molecule is CCN(CC)c1ccc2cc(C(=O)CCCc3ccc(O)cc3)c(=O)oc2c1. The molecule has 0 saturated carbocycles. The van der Waals surface area contributed by atoms with Crippen LogP contribution in [0.15, 0.2) is 57.7 Å². The van der Waals surface area contributed by atoms with Crippen molar-refractivity contribution >= 4 is 22.4 Å². The molecule has 0 atom stereocenters. The van der Waals surface area contributed by atoms with Crippen LogP contribution in [0.25, 0.3) is 11.0 Å². The summed E-state index contributed by atoms with van der Waals surface area (Å²) < 4.78 is 5.44. The molecule has 3 rings (SSSR count). The maximum absolute atomic E-state index is 12.5. The fourth-order valence-electron chi connectivity index (χ4n) is 3.33. The molecule has 2 aromatic carbocycles. The Morgan fingerprint density at radius 1 is 1.04 bits per heavy atom. The third-order valence-corrected chi connectivity index (χ3v) is 4.95. The average Bonchev–Trinajstić information content (AvgIpc) is 2.69. The number of fused-ring (bicyclic) bond motifs is 1. The average molecular weight is 379 g/mol. The highest BCUT2D eigenvalue weighted by Crippen LogP contribution is 2.22. The number of aromatic hydroxyl groups is 1. The Bertz CT molecular complexity index is 1020. The minimum absolute atomic E-state index is 0.105. The maximum Gasteiger partial charge on any atom is 0.347 e. The minimum Gasteiger partial charge on any atom is -0.508 e. The molecule has 5 nitrogen and oxygen atoms in total. The number of phenols is 1. The summed E-state index contributed by atoms with van der Waals surface area (Å²) in [5.74, 6) is 0.0139. The number of nitrogens with zero attached hydrogens (tertiary/aromatic N) is 1. The molecule has 0 aliphatic carbocycles. The van der Waals surface area contributed by atoms with E-state index in [4.69, 9.17) is 4.42 Å². The molecule has 0 radical (unpaired) electrons. The summed E-state index contributed by atoms with van der Waals surface area (Å²) in [6, 6.07) is 14.3. The highest BCUT2D eigenvalue weighted by molar-refractivity contribution is 5.98. The van der Waals surface area contributed by atoms with E-state index in [2.05, 4.69) is 18.7 Å². The summed E-state index contributed by atoms with van der Waals surface area (Å²) in [5, 5.41) is 10.1. The molecule has 1 N–H and O–H groups in total. The van der Waals surface area contributed by atoms with Gasteiger partial charge in [-0.25, -0.2) is 4.79 Å². The molecule has 0 fully saturated rings. The van der Waals surface area contributed by atoms with Gasteiger partial charge < -0.3 is 14.4 Å². The van der Waals surface area contributed by atoms with E-state index in [0.29, 0.717) is 18.4 Å². The molecule has 0 aliphatic heterocycles. The van der Waals surface area contributed by atoms with E-state index in [1.165, 1.54) is 0 Å². The van der Waals surface area contributed by atoms with E-state index >= 15 is 0 Å². The first-order valence-electron chi connectivity index (χ1n) is 9.65. The van der Waals surface area contributed by atoms with Gasteiger partial charge >= 0.3 is 5.63 Å². The molecule has 0 amide bonds. The number of benzene rings is 2. The van der Waals surface area contributed by atoms with Crippen molar-refractivity contribution in [3.05, 3.63) is 70.1 Å². The fraction of sp³-hybridized carbons (Fsp3) is 0.304. The highest BCUT2D eigenvalue weighted by Gasteiger charge is 2.14. The lowest BCUT2D eigenvalue weighted by Crippen LogP contribution is -2.21. The van der Waals surface area contributed by atoms with Crippen molar-refractivity contribution < 1.29 is 14.3 Å². The largest absolute Gasteiger partial charge is 0.508 e. The van der Waals surface area contributed by atoms with E-state index in [1.54, 1.807) is 18.2 Å². The van der Waals surface area contributed by atoms with Crippen LogP contribution in [0.4, 0.5) is 5.69 Å². The third kappa shape index (κ3) is 4.42. The van der Waals surface area contributed by atoms with Gasteiger partial charge in [-0.05, 0) is 62.6 Å². The summed E-state index contributed by atoms with van der Waals surface area (Å²) in [4.78, 5) is 27.0. The van der Waals surface area contributed by atoms with Crippen LogP contribution in [-0.2, 0) is 6.42 Å². The second-order valence-corrected chi connectivity index (χ2v) is 6.79. The lowest BCUT2D eigenvalue weighted by Gasteiger charge is -2.20. The topological polar surface area (TPSA) is 70.8 Å². The molecule has 0 spiro atoms. The number of carbonyl (C=O) groups is 1. The van der Waals surface area contributed by atoms with E-state index in [1.807, 2.05) is 30.3 Å². The molecule has 0 unspecified atom stereocenters. The third-order valence-electron chi connectivity index (χ3n) is 4.95. The van der Waals surface area contributed by atoms with Crippen LogP contribution >= 0.6 is 0 Å². The van der Waals surface area contributed by atoms with Crippen molar-refractivity contribution in [3.63, 3.8) is 0 Å². The zero-order valence-electron chi connectivity index (χ0n) is 16.3. The highest BCUT2D eigenvalue weighted by atomic mass is 16.4. The Kier molecular flexibility index (Phi) is 6.14. The summed E-state index contributed by atoms with van der Waals surface area (Å²) in [7, 11) is 0. The number of Topliss-reactive ketones (excluding diaryl/α,β-unsaturated/α-hetero) is 1. The zero-order chi connectivity index (χ0) is 20.1. The van der Waals surface area contributed by atoms with E-state index in [0.717, 1.165) is 29.7 Å². The van der Waals surface area contributed by atoms with Gasteiger partial charge in [-0.1, -0.05) is 12.1 Å². The van der Waals surface area contributed by atoms with Gasteiger partial charge in [0, 0.05) is 36.7 Å². The number of aryl methyl sites for hydroxylation is 1. The maximum atomic E-state index is 12.5. The number of ketones is 1. The van der Waals surface area contributed by atoms with Crippen LogP contribution in [-0.4, -0.2) is 24.0 Å². The second kappa shape index (κ2) is 8.74. The van der Waals surface area contributed by atoms with Crippen molar-refractivity contribution in [1.29, 1.82) is 0 Å². The molecule has 3 aromatic rings. The van der Waals surface area contributed by atoms with E-state index in [9.17, 15) is 14.7 Å². The molecule has 5 heteroatoms. The number of hydrogen-bond acceptors (Lipinski definition) is 5. The standard InChI is InChI=1S/C23H25NO4/c1-3-24(4-2)18-11-10-17-14-20(23(27)28-22(17)15-18)21(26)7-5-6-16-8-12-19(25)13-9-16/h8-15,25H,3-7H2,1-2H3. The smallest absolute Gasteiger partial charge is 0.347 e. The van der Waals surface area contributed by atoms with Gasteiger partial charge in [0.15, 0.2) is 5.78 Å². The van der Waals surface area contributed by atoms with Crippen molar-refractivity contribution in [2.45, 2.75) is 33.1 Å². The fourth-order valence-corrected chi connectivity index (χ4v) is 3.33. The molecular formula is C23H25NO4. The lowest BCUT2D eigenvalue weighted by molar-refractivity contribution is 0.0977. The Morgan fingerprint density at radius 3 is 2.43 bits per heavy atom. The lowest BCUT2D eigenvalue weighted by atomic mass is 10.0. The minimum atomic E-state index is -0.584. The number of hydrogen-bond donors (Lipinski definition) is 1. The van der Waals surface area contributed by atoms with Crippen molar-refractivity contribution in [3.8, 4) is 5.75 Å². The van der Waals surface area contributed by atoms with E-state index < -0.39 is 5.63 Å². The van der Waals surface area contributed by atoms with Gasteiger partial charge in [-0.2, -0.15) is 0 Å². The van der Waals surface area contributed by atoms with E-state index in [-0.39, 0.29) is 23.5 Å². The zero-order valence-corrected chi connectivity index (χ0v) is 16.3. The molecule has 1 heterocycles. The van der Waals surface area contributed by atoms with Crippen LogP contribution in [0, 0.1) is 0 Å². The van der Waals surface area contributed by atoms with Gasteiger partial charge in [0.05, 0.1) is 0 Å². The number of anilines is 1. The molecule has 0 bridgehead atoms. The Balaban J connectivity index is 1.74. The van der Waals surface area contributed by atoms with Crippen LogP contribution in [0.1, 0.15) is 42.6 Å². The van der Waals surface area contributed by atoms with Crippen LogP contribution < -0.4 is 10.5 Å². The quantitative estimate of drug-likeness (QED) is 0.459. The van der Waals surface area contributed by atoms with Crippen LogP contribution in [0.2, 0.25) is 0 Å². The Morgan fingerprint density at radius 2 is 1.75 bits per heavy atom. The predicted octanol–water partition coefficient (Wildman–Crippen LogP) is 4.55. The van der Waals surface area contributed by atoms with Gasteiger partial charge in [-0.3, -0.25) is 4.79 Å². The Hall–Kier alpha value is -3.08. The summed E-state index contributed by atoms with van der Waals surface area (Å²) in [6.45, 7) is 5.88. The molecule has 28 heavy (non-hydrogen) atoms. The number of phenolic OH excluding ortho intramolecular Hbond substituents is 1. The van der Waals surface area contributed by atoms with Gasteiger partial charge in [0.1, 0.15) is 16.9 Å². The predicted molar refractivity (Wildman–Crippen MR) is 111 cm³/mol. The second-order valence-electron chi connectivity index (χ2n) is 6.79. The summed E-state index contributed by atoms with van der Waals surface area (Å²) in [5.41, 5.74) is 2.05. The van der Waals surface area contributed by atoms with Gasteiger partial charge in [0.2, 0.25) is 0 Å². The Labute approximate surface area is 164 Å². The van der Waals surface area contributed by atoms with Crippen molar-refractivity contribution in [1.82, 2.24) is 0 Å². The first-order chi connectivity index (χ1) is 13.5. The van der Waals surface area contributed by atoms with Gasteiger partial charge in [-0.15, -0.1) is 0 Å². The first kappa shape index (κ1) is 19.7.